The summed E-state index contributed by atoms with van der Waals surface area (Å²) in [4.78, 5) is 30.7. The fraction of sp³-hybridized carbons (Fsp3) is 0.474. The third kappa shape index (κ3) is 6.76. The molecule has 2 aromatic rings. The first-order chi connectivity index (χ1) is 21.3. The molecular weight excluding hydrogens is 605 g/mol. The van der Waals surface area contributed by atoms with Crippen LogP contribution in [-0.4, -0.2) is 29.6 Å². The van der Waals surface area contributed by atoms with Gasteiger partial charge in [0, 0.05) is 69.0 Å². The lowest BCUT2D eigenvalue weighted by Crippen LogP contribution is -2.44. The largest absolute Gasteiger partial charge is 0.490 e. The van der Waals surface area contributed by atoms with Gasteiger partial charge in [-0.25, -0.2) is 0 Å². The molecule has 45 heavy (non-hydrogen) atoms. The van der Waals surface area contributed by atoms with Gasteiger partial charge in [0.05, 0.1) is 6.61 Å². The Morgan fingerprint density at radius 1 is 0.889 bits per heavy atom. The van der Waals surface area contributed by atoms with E-state index in [0.717, 1.165) is 65.0 Å². The van der Waals surface area contributed by atoms with Gasteiger partial charge in [0.2, 0.25) is 0 Å². The Labute approximate surface area is 278 Å². The Hall–Kier alpha value is -3.02. The maximum absolute atomic E-state index is 14.2. The number of halogens is 2. The molecule has 0 amide bonds. The Morgan fingerprint density at radius 2 is 1.51 bits per heavy atom. The fourth-order valence-corrected chi connectivity index (χ4v) is 7.71. The lowest BCUT2D eigenvalue weighted by molar-refractivity contribution is -0.119. The van der Waals surface area contributed by atoms with Crippen molar-refractivity contribution in [1.82, 2.24) is 4.90 Å². The van der Waals surface area contributed by atoms with Gasteiger partial charge in [-0.2, -0.15) is 0 Å². The van der Waals surface area contributed by atoms with Crippen LogP contribution in [0, 0.1) is 10.8 Å². The van der Waals surface area contributed by atoms with Crippen LogP contribution in [0.25, 0.3) is 0 Å². The molecule has 3 aliphatic rings. The number of Topliss-reactive ketones (excluding diaryl/α,β-unsaturated/α-hetero) is 2. The highest BCUT2D eigenvalue weighted by molar-refractivity contribution is 6.35. The lowest BCUT2D eigenvalue weighted by atomic mass is 9.63. The van der Waals surface area contributed by atoms with Crippen molar-refractivity contribution < 1.29 is 19.1 Å². The van der Waals surface area contributed by atoms with Gasteiger partial charge in [-0.05, 0) is 67.2 Å². The molecule has 7 heteroatoms. The first-order valence-electron chi connectivity index (χ1n) is 16.1. The van der Waals surface area contributed by atoms with E-state index in [-0.39, 0.29) is 29.0 Å². The standard InChI is InChI=1S/C38H45Cl2NO4/c1-8-11-23-15-25(16-32(44-10-3)36(23)45-22-24-12-13-26(39)17-27(24)40)33-34-28(18-37(4,5)20-30(34)42)41(14-9-2)29-19-38(6,7)21-31(43)35(29)33/h8,12-13,15-17,33H,1,9-11,14,18-22H2,2-7H3. The van der Waals surface area contributed by atoms with E-state index in [1.54, 1.807) is 12.1 Å². The van der Waals surface area contributed by atoms with Gasteiger partial charge in [-0.1, -0.05) is 76.0 Å². The number of carbonyl (C=O) groups excluding carboxylic acids is 2. The van der Waals surface area contributed by atoms with Gasteiger partial charge in [-0.3, -0.25) is 9.59 Å². The van der Waals surface area contributed by atoms with Crippen molar-refractivity contribution in [3.05, 3.63) is 92.3 Å². The molecule has 2 aromatic carbocycles. The molecular formula is C38H45Cl2NO4. The van der Waals surface area contributed by atoms with E-state index in [4.69, 9.17) is 32.7 Å². The summed E-state index contributed by atoms with van der Waals surface area (Å²) in [6.45, 7) is 18.2. The molecule has 5 nitrogen and oxygen atoms in total. The van der Waals surface area contributed by atoms with E-state index in [2.05, 4.69) is 52.2 Å². The molecule has 0 saturated heterocycles. The lowest BCUT2D eigenvalue weighted by Gasteiger charge is -2.49. The molecule has 240 valence electrons. The molecule has 0 fully saturated rings. The number of allylic oxidation sites excluding steroid dienone is 5. The summed E-state index contributed by atoms with van der Waals surface area (Å²) in [5.41, 5.74) is 5.92. The second kappa shape index (κ2) is 13.0. The zero-order chi connectivity index (χ0) is 32.7. The SMILES string of the molecule is C=CCc1cc(C2C3=C(CC(C)(C)CC3=O)N(CCC)C3=C2C(=O)CC(C)(C)C3)cc(OCC)c1OCc1ccc(Cl)cc1Cl. The maximum atomic E-state index is 14.2. The summed E-state index contributed by atoms with van der Waals surface area (Å²) < 4.78 is 12.6. The number of hydrogen-bond donors (Lipinski definition) is 0. The number of ketones is 2. The van der Waals surface area contributed by atoms with Gasteiger partial charge in [0.15, 0.2) is 23.1 Å². The van der Waals surface area contributed by atoms with Crippen molar-refractivity contribution in [2.75, 3.05) is 13.2 Å². The summed E-state index contributed by atoms with van der Waals surface area (Å²) >= 11 is 12.6. The first-order valence-corrected chi connectivity index (χ1v) is 16.8. The number of hydrogen-bond acceptors (Lipinski definition) is 5. The Morgan fingerprint density at radius 3 is 2.04 bits per heavy atom. The summed E-state index contributed by atoms with van der Waals surface area (Å²) in [7, 11) is 0. The van der Waals surface area contributed by atoms with Crippen molar-refractivity contribution in [3.8, 4) is 11.5 Å². The van der Waals surface area contributed by atoms with E-state index in [1.807, 2.05) is 25.1 Å². The van der Waals surface area contributed by atoms with Gasteiger partial charge >= 0.3 is 0 Å². The number of ether oxygens (including phenoxy) is 2. The Kier molecular flexibility index (Phi) is 9.63. The molecule has 2 aliphatic carbocycles. The van der Waals surface area contributed by atoms with Gasteiger partial charge in [-0.15, -0.1) is 6.58 Å². The van der Waals surface area contributed by atoms with Crippen molar-refractivity contribution in [2.24, 2.45) is 10.8 Å². The van der Waals surface area contributed by atoms with E-state index in [0.29, 0.717) is 47.4 Å². The van der Waals surface area contributed by atoms with Gasteiger partial charge in [0.1, 0.15) is 6.61 Å². The van der Waals surface area contributed by atoms with Crippen molar-refractivity contribution >= 4 is 34.8 Å². The fourth-order valence-electron chi connectivity index (χ4n) is 7.25. The number of carbonyl (C=O) groups is 2. The number of benzene rings is 2. The third-order valence-electron chi connectivity index (χ3n) is 9.01. The third-order valence-corrected chi connectivity index (χ3v) is 9.59. The minimum absolute atomic E-state index is 0.123. The van der Waals surface area contributed by atoms with Crippen LogP contribution < -0.4 is 9.47 Å². The molecule has 0 bridgehead atoms. The van der Waals surface area contributed by atoms with Gasteiger partial charge in [0.25, 0.3) is 0 Å². The average molecular weight is 651 g/mol. The van der Waals surface area contributed by atoms with Crippen LogP contribution in [0.1, 0.15) is 96.3 Å². The quantitative estimate of drug-likeness (QED) is 0.240. The molecule has 5 rings (SSSR count). The highest BCUT2D eigenvalue weighted by Gasteiger charge is 2.49. The van der Waals surface area contributed by atoms with Crippen LogP contribution in [0.3, 0.4) is 0 Å². The molecule has 0 unspecified atom stereocenters. The normalized spacial score (nSPS) is 19.4. The van der Waals surface area contributed by atoms with E-state index >= 15 is 0 Å². The summed E-state index contributed by atoms with van der Waals surface area (Å²) in [5, 5.41) is 1.08. The average Bonchev–Trinajstić information content (AvgIpc) is 2.93. The summed E-state index contributed by atoms with van der Waals surface area (Å²) in [6.07, 6.45) is 5.75. The second-order valence-corrected chi connectivity index (χ2v) is 15.0. The van der Waals surface area contributed by atoms with E-state index < -0.39 is 5.92 Å². The van der Waals surface area contributed by atoms with E-state index in [1.165, 1.54) is 0 Å². The highest BCUT2D eigenvalue weighted by atomic mass is 35.5. The smallest absolute Gasteiger partial charge is 0.165 e. The second-order valence-electron chi connectivity index (χ2n) is 14.1. The van der Waals surface area contributed by atoms with Crippen LogP contribution in [0.2, 0.25) is 10.0 Å². The Bertz CT molecular complexity index is 1540. The minimum atomic E-state index is -0.460. The van der Waals surface area contributed by atoms with Crippen molar-refractivity contribution in [1.29, 1.82) is 0 Å². The summed E-state index contributed by atoms with van der Waals surface area (Å²) in [6, 6.07) is 9.40. The predicted molar refractivity (Wildman–Crippen MR) is 182 cm³/mol. The molecule has 0 atom stereocenters. The van der Waals surface area contributed by atoms with Gasteiger partial charge < -0.3 is 14.4 Å². The summed E-state index contributed by atoms with van der Waals surface area (Å²) in [5.74, 6) is 0.961. The first kappa shape index (κ1) is 33.3. The zero-order valence-electron chi connectivity index (χ0n) is 27.4. The van der Waals surface area contributed by atoms with Crippen LogP contribution in [0.4, 0.5) is 0 Å². The molecule has 0 spiro atoms. The molecule has 0 radical (unpaired) electrons. The number of rotatable bonds is 10. The highest BCUT2D eigenvalue weighted by Crippen LogP contribution is 2.55. The molecule has 1 aliphatic heterocycles. The topological polar surface area (TPSA) is 55.8 Å². The van der Waals surface area contributed by atoms with Crippen LogP contribution in [0.5, 0.6) is 11.5 Å². The van der Waals surface area contributed by atoms with E-state index in [9.17, 15) is 9.59 Å². The predicted octanol–water partition coefficient (Wildman–Crippen LogP) is 9.80. The van der Waals surface area contributed by atoms with Crippen LogP contribution in [-0.2, 0) is 22.6 Å². The monoisotopic (exact) mass is 649 g/mol. The number of nitrogens with zero attached hydrogens (tertiary/aromatic N) is 1. The molecule has 0 aromatic heterocycles. The minimum Gasteiger partial charge on any atom is -0.490 e. The van der Waals surface area contributed by atoms with Crippen LogP contribution in [0.15, 0.2) is 65.5 Å². The molecule has 1 heterocycles. The zero-order valence-corrected chi connectivity index (χ0v) is 29.0. The molecule has 0 N–H and O–H groups in total. The maximum Gasteiger partial charge on any atom is 0.165 e. The van der Waals surface area contributed by atoms with Crippen molar-refractivity contribution in [3.63, 3.8) is 0 Å². The Balaban J connectivity index is 1.71. The molecule has 0 saturated carbocycles. The van der Waals surface area contributed by atoms with Crippen LogP contribution >= 0.6 is 23.2 Å². The van der Waals surface area contributed by atoms with Crippen molar-refractivity contribution in [2.45, 2.75) is 92.6 Å².